The van der Waals surface area contributed by atoms with Crippen LogP contribution >= 0.6 is 11.6 Å². The van der Waals surface area contributed by atoms with E-state index in [1.807, 2.05) is 26.8 Å². The zero-order chi connectivity index (χ0) is 13.8. The first-order valence-corrected chi connectivity index (χ1v) is 7.48. The van der Waals surface area contributed by atoms with Crippen LogP contribution in [0.15, 0.2) is 6.07 Å². The number of hydrogen-bond donors (Lipinski definition) is 0. The van der Waals surface area contributed by atoms with Crippen molar-refractivity contribution in [3.8, 4) is 5.88 Å². The standard InChI is InChI=1S/C14H22ClN3O/c1-10(2)19-13-9-11(3)16-14(17-13)18(8-7-15)12-5-4-6-12/h9-10,12H,4-8H2,1-3H3. The summed E-state index contributed by atoms with van der Waals surface area (Å²) >= 11 is 5.91. The maximum Gasteiger partial charge on any atom is 0.229 e. The van der Waals surface area contributed by atoms with Crippen LogP contribution in [0.1, 0.15) is 38.8 Å². The molecule has 4 nitrogen and oxygen atoms in total. The van der Waals surface area contributed by atoms with Gasteiger partial charge in [0.2, 0.25) is 11.8 Å². The summed E-state index contributed by atoms with van der Waals surface area (Å²) in [5.41, 5.74) is 0.930. The maximum absolute atomic E-state index is 5.91. The zero-order valence-electron chi connectivity index (χ0n) is 11.9. The van der Waals surface area contributed by atoms with Gasteiger partial charge in [-0.2, -0.15) is 4.98 Å². The van der Waals surface area contributed by atoms with Crippen LogP contribution in [0.25, 0.3) is 0 Å². The third kappa shape index (κ3) is 3.72. The summed E-state index contributed by atoms with van der Waals surface area (Å²) in [6, 6.07) is 2.41. The van der Waals surface area contributed by atoms with Gasteiger partial charge in [0.1, 0.15) is 0 Å². The Morgan fingerprint density at radius 1 is 1.42 bits per heavy atom. The molecule has 106 valence electrons. The topological polar surface area (TPSA) is 38.2 Å². The third-order valence-electron chi connectivity index (χ3n) is 3.27. The van der Waals surface area contributed by atoms with Crippen molar-refractivity contribution in [3.05, 3.63) is 11.8 Å². The van der Waals surface area contributed by atoms with E-state index in [-0.39, 0.29) is 6.10 Å². The molecule has 1 aliphatic carbocycles. The third-order valence-corrected chi connectivity index (χ3v) is 3.44. The first-order valence-electron chi connectivity index (χ1n) is 6.95. The molecule has 1 aromatic heterocycles. The average Bonchev–Trinajstić information content (AvgIpc) is 2.24. The van der Waals surface area contributed by atoms with Gasteiger partial charge in [-0.1, -0.05) is 0 Å². The van der Waals surface area contributed by atoms with Crippen LogP contribution in [0.5, 0.6) is 5.88 Å². The SMILES string of the molecule is Cc1cc(OC(C)C)nc(N(CCCl)C2CCC2)n1. The molecule has 1 aromatic rings. The molecule has 2 rings (SSSR count). The van der Waals surface area contributed by atoms with E-state index in [1.165, 1.54) is 19.3 Å². The van der Waals surface area contributed by atoms with Crippen molar-refractivity contribution < 1.29 is 4.74 Å². The lowest BCUT2D eigenvalue weighted by Crippen LogP contribution is -2.42. The van der Waals surface area contributed by atoms with Crippen LogP contribution in [0.3, 0.4) is 0 Å². The van der Waals surface area contributed by atoms with E-state index < -0.39 is 0 Å². The van der Waals surface area contributed by atoms with Gasteiger partial charge in [-0.05, 0) is 40.0 Å². The molecule has 1 aliphatic rings. The summed E-state index contributed by atoms with van der Waals surface area (Å²) in [5, 5.41) is 0. The minimum atomic E-state index is 0.118. The molecule has 19 heavy (non-hydrogen) atoms. The van der Waals surface area contributed by atoms with Crippen molar-refractivity contribution in [2.24, 2.45) is 0 Å². The first kappa shape index (κ1) is 14.4. The smallest absolute Gasteiger partial charge is 0.229 e. The highest BCUT2D eigenvalue weighted by Gasteiger charge is 2.27. The van der Waals surface area contributed by atoms with Gasteiger partial charge in [0.15, 0.2) is 0 Å². The molecular formula is C14H22ClN3O. The minimum absolute atomic E-state index is 0.118. The second kappa shape index (κ2) is 6.42. The van der Waals surface area contributed by atoms with Crippen molar-refractivity contribution in [2.75, 3.05) is 17.3 Å². The zero-order valence-corrected chi connectivity index (χ0v) is 12.7. The van der Waals surface area contributed by atoms with Crippen molar-refractivity contribution in [1.29, 1.82) is 0 Å². The number of nitrogens with zero attached hydrogens (tertiary/aromatic N) is 3. The number of aromatic nitrogens is 2. The van der Waals surface area contributed by atoms with E-state index in [2.05, 4.69) is 14.9 Å². The van der Waals surface area contributed by atoms with Crippen LogP contribution in [0, 0.1) is 6.92 Å². The number of halogens is 1. The first-order chi connectivity index (χ1) is 9.10. The molecule has 1 fully saturated rings. The molecule has 0 radical (unpaired) electrons. The Morgan fingerprint density at radius 3 is 2.68 bits per heavy atom. The summed E-state index contributed by atoms with van der Waals surface area (Å²) in [6.07, 6.45) is 3.81. The van der Waals surface area contributed by atoms with Gasteiger partial charge in [-0.15, -0.1) is 11.6 Å². The number of alkyl halides is 1. The fourth-order valence-electron chi connectivity index (χ4n) is 2.19. The van der Waals surface area contributed by atoms with E-state index in [9.17, 15) is 0 Å². The summed E-state index contributed by atoms with van der Waals surface area (Å²) in [5.74, 6) is 1.99. The molecule has 0 saturated heterocycles. The lowest BCUT2D eigenvalue weighted by atomic mass is 9.92. The molecule has 0 bridgehead atoms. The highest BCUT2D eigenvalue weighted by atomic mass is 35.5. The Morgan fingerprint density at radius 2 is 2.16 bits per heavy atom. The molecule has 0 spiro atoms. The Hall–Kier alpha value is -1.03. The van der Waals surface area contributed by atoms with Gasteiger partial charge in [0.05, 0.1) is 6.10 Å². The molecule has 5 heteroatoms. The lowest BCUT2D eigenvalue weighted by Gasteiger charge is -2.37. The summed E-state index contributed by atoms with van der Waals surface area (Å²) in [7, 11) is 0. The summed E-state index contributed by atoms with van der Waals surface area (Å²) in [6.45, 7) is 6.76. The van der Waals surface area contributed by atoms with Crippen molar-refractivity contribution in [1.82, 2.24) is 9.97 Å². The Kier molecular flexibility index (Phi) is 4.86. The number of aryl methyl sites for hydroxylation is 1. The van der Waals surface area contributed by atoms with Crippen LogP contribution < -0.4 is 9.64 Å². The van der Waals surface area contributed by atoms with Gasteiger partial charge in [-0.25, -0.2) is 4.98 Å². The van der Waals surface area contributed by atoms with Crippen LogP contribution in [0.4, 0.5) is 5.95 Å². The van der Waals surface area contributed by atoms with Crippen LogP contribution in [-0.4, -0.2) is 34.5 Å². The lowest BCUT2D eigenvalue weighted by molar-refractivity contribution is 0.232. The Bertz CT molecular complexity index is 421. The minimum Gasteiger partial charge on any atom is -0.475 e. The summed E-state index contributed by atoms with van der Waals surface area (Å²) < 4.78 is 5.68. The molecule has 1 saturated carbocycles. The van der Waals surface area contributed by atoms with Gasteiger partial charge < -0.3 is 9.64 Å². The van der Waals surface area contributed by atoms with E-state index >= 15 is 0 Å². The van der Waals surface area contributed by atoms with Gasteiger partial charge in [0.25, 0.3) is 0 Å². The molecule has 1 heterocycles. The second-order valence-corrected chi connectivity index (χ2v) is 5.66. The predicted molar refractivity (Wildman–Crippen MR) is 78.2 cm³/mol. The van der Waals surface area contributed by atoms with Crippen molar-refractivity contribution in [2.45, 2.75) is 52.2 Å². The normalized spacial score (nSPS) is 15.4. The van der Waals surface area contributed by atoms with Gasteiger partial charge in [0, 0.05) is 30.2 Å². The van der Waals surface area contributed by atoms with Gasteiger partial charge in [-0.3, -0.25) is 0 Å². The number of rotatable bonds is 6. The molecule has 0 N–H and O–H groups in total. The fraction of sp³-hybridized carbons (Fsp3) is 0.714. The van der Waals surface area contributed by atoms with E-state index in [0.29, 0.717) is 17.8 Å². The number of anilines is 1. The molecular weight excluding hydrogens is 262 g/mol. The molecule has 0 unspecified atom stereocenters. The van der Waals surface area contributed by atoms with E-state index in [0.717, 1.165) is 18.2 Å². The Balaban J connectivity index is 2.22. The average molecular weight is 284 g/mol. The number of hydrogen-bond acceptors (Lipinski definition) is 4. The van der Waals surface area contributed by atoms with Crippen LogP contribution in [-0.2, 0) is 0 Å². The molecule has 0 aromatic carbocycles. The van der Waals surface area contributed by atoms with Gasteiger partial charge >= 0.3 is 0 Å². The molecule has 0 amide bonds. The summed E-state index contributed by atoms with van der Waals surface area (Å²) in [4.78, 5) is 11.3. The monoisotopic (exact) mass is 283 g/mol. The van der Waals surface area contributed by atoms with E-state index in [1.54, 1.807) is 0 Å². The predicted octanol–water partition coefficient (Wildman–Crippen LogP) is 3.17. The van der Waals surface area contributed by atoms with Crippen molar-refractivity contribution >= 4 is 17.5 Å². The maximum atomic E-state index is 5.91. The van der Waals surface area contributed by atoms with E-state index in [4.69, 9.17) is 16.3 Å². The second-order valence-electron chi connectivity index (χ2n) is 5.28. The van der Waals surface area contributed by atoms with Crippen LogP contribution in [0.2, 0.25) is 0 Å². The largest absolute Gasteiger partial charge is 0.475 e. The van der Waals surface area contributed by atoms with Crippen molar-refractivity contribution in [3.63, 3.8) is 0 Å². The molecule has 0 aliphatic heterocycles. The molecule has 0 atom stereocenters. The Labute approximate surface area is 120 Å². The highest BCUT2D eigenvalue weighted by molar-refractivity contribution is 6.18. The fourth-order valence-corrected chi connectivity index (χ4v) is 2.37. The highest BCUT2D eigenvalue weighted by Crippen LogP contribution is 2.28. The number of ether oxygens (including phenoxy) is 1. The quantitative estimate of drug-likeness (QED) is 0.752.